The minimum absolute atomic E-state index is 0.231. The van der Waals surface area contributed by atoms with Crippen molar-refractivity contribution in [3.63, 3.8) is 0 Å². The summed E-state index contributed by atoms with van der Waals surface area (Å²) in [7, 11) is 0. The van der Waals surface area contributed by atoms with Gasteiger partial charge in [0.1, 0.15) is 5.82 Å². The van der Waals surface area contributed by atoms with Gasteiger partial charge < -0.3 is 5.32 Å². The molecule has 0 amide bonds. The molecule has 0 bridgehead atoms. The molecule has 21 heavy (non-hydrogen) atoms. The monoisotopic (exact) mass is 293 g/mol. The molecule has 0 aliphatic rings. The Labute approximate surface area is 122 Å². The van der Waals surface area contributed by atoms with E-state index in [0.29, 0.717) is 17.7 Å². The first-order valence-corrected chi connectivity index (χ1v) is 6.89. The lowest BCUT2D eigenvalue weighted by Gasteiger charge is -2.23. The summed E-state index contributed by atoms with van der Waals surface area (Å²) in [5, 5.41) is 3.16. The van der Waals surface area contributed by atoms with Crippen molar-refractivity contribution in [2.45, 2.75) is 26.8 Å². The predicted molar refractivity (Wildman–Crippen MR) is 77.8 cm³/mol. The summed E-state index contributed by atoms with van der Waals surface area (Å²) in [6.45, 7) is 6.01. The average Bonchev–Trinajstić information content (AvgIpc) is 2.40. The van der Waals surface area contributed by atoms with Crippen LogP contribution in [0.1, 0.15) is 35.2 Å². The Balaban J connectivity index is 2.62. The molecule has 0 aromatic heterocycles. The van der Waals surface area contributed by atoms with Crippen LogP contribution in [0.5, 0.6) is 0 Å². The van der Waals surface area contributed by atoms with Crippen LogP contribution >= 0.6 is 0 Å². The quantitative estimate of drug-likeness (QED) is 0.880. The Hall–Kier alpha value is -1.81. The zero-order chi connectivity index (χ0) is 15.6. The average molecular weight is 293 g/mol. The number of benzene rings is 2. The van der Waals surface area contributed by atoms with Crippen molar-refractivity contribution in [1.82, 2.24) is 5.32 Å². The van der Waals surface area contributed by atoms with Crippen LogP contribution < -0.4 is 5.32 Å². The third kappa shape index (κ3) is 3.10. The van der Waals surface area contributed by atoms with Gasteiger partial charge in [-0.15, -0.1) is 0 Å². The van der Waals surface area contributed by atoms with Crippen molar-refractivity contribution in [2.75, 3.05) is 6.54 Å². The second-order valence-corrected chi connectivity index (χ2v) is 5.09. The van der Waals surface area contributed by atoms with Gasteiger partial charge in [-0.1, -0.05) is 19.1 Å². The Morgan fingerprint density at radius 3 is 2.24 bits per heavy atom. The largest absolute Gasteiger partial charge is 0.306 e. The number of halogens is 3. The summed E-state index contributed by atoms with van der Waals surface area (Å²) >= 11 is 0. The van der Waals surface area contributed by atoms with Crippen LogP contribution in [0.15, 0.2) is 30.3 Å². The normalized spacial score (nSPS) is 12.5. The fourth-order valence-corrected chi connectivity index (χ4v) is 2.69. The van der Waals surface area contributed by atoms with Crippen LogP contribution in [0, 0.1) is 31.3 Å². The smallest absolute Gasteiger partial charge is 0.163 e. The molecule has 0 saturated heterocycles. The first-order valence-electron chi connectivity index (χ1n) is 6.89. The lowest BCUT2D eigenvalue weighted by Crippen LogP contribution is -2.25. The standard InChI is InChI=1S/C17H18F3N/c1-4-21-17(13-6-5-7-14(19)16(13)20)15-10(2)8-12(18)9-11(15)3/h5-9,17,21H,4H2,1-3H3. The van der Waals surface area contributed by atoms with Crippen molar-refractivity contribution in [3.05, 3.63) is 70.0 Å². The summed E-state index contributed by atoms with van der Waals surface area (Å²) in [5.41, 5.74) is 2.43. The molecule has 2 aromatic carbocycles. The van der Waals surface area contributed by atoms with Crippen molar-refractivity contribution in [1.29, 1.82) is 0 Å². The van der Waals surface area contributed by atoms with Gasteiger partial charge in [0.05, 0.1) is 6.04 Å². The van der Waals surface area contributed by atoms with E-state index in [0.717, 1.165) is 11.6 Å². The van der Waals surface area contributed by atoms with E-state index < -0.39 is 17.7 Å². The number of rotatable bonds is 4. The van der Waals surface area contributed by atoms with Gasteiger partial charge in [-0.25, -0.2) is 13.2 Å². The van der Waals surface area contributed by atoms with Crippen molar-refractivity contribution < 1.29 is 13.2 Å². The molecule has 0 saturated carbocycles. The highest BCUT2D eigenvalue weighted by atomic mass is 19.2. The Bertz CT molecular complexity index is 629. The van der Waals surface area contributed by atoms with Gasteiger partial charge in [-0.3, -0.25) is 0 Å². The van der Waals surface area contributed by atoms with Gasteiger partial charge in [0, 0.05) is 5.56 Å². The molecule has 0 fully saturated rings. The van der Waals surface area contributed by atoms with E-state index in [2.05, 4.69) is 5.32 Å². The lowest BCUT2D eigenvalue weighted by molar-refractivity contribution is 0.482. The summed E-state index contributed by atoms with van der Waals surface area (Å²) in [4.78, 5) is 0. The van der Waals surface area contributed by atoms with E-state index in [9.17, 15) is 13.2 Å². The molecule has 0 aliphatic heterocycles. The Kier molecular flexibility index (Phi) is 4.68. The molecule has 2 aromatic rings. The highest BCUT2D eigenvalue weighted by molar-refractivity contribution is 5.42. The first-order chi connectivity index (χ1) is 9.95. The third-order valence-electron chi connectivity index (χ3n) is 3.55. The van der Waals surface area contributed by atoms with E-state index in [1.165, 1.54) is 18.2 Å². The maximum atomic E-state index is 14.1. The summed E-state index contributed by atoms with van der Waals surface area (Å²) in [6, 6.07) is 6.42. The van der Waals surface area contributed by atoms with E-state index in [1.54, 1.807) is 19.9 Å². The van der Waals surface area contributed by atoms with Crippen LogP contribution in [0.2, 0.25) is 0 Å². The second kappa shape index (κ2) is 6.31. The fourth-order valence-electron chi connectivity index (χ4n) is 2.69. The van der Waals surface area contributed by atoms with E-state index in [1.807, 2.05) is 6.92 Å². The van der Waals surface area contributed by atoms with Crippen molar-refractivity contribution >= 4 is 0 Å². The highest BCUT2D eigenvalue weighted by Gasteiger charge is 2.22. The van der Waals surface area contributed by atoms with E-state index in [4.69, 9.17) is 0 Å². The summed E-state index contributed by atoms with van der Waals surface area (Å²) in [6.07, 6.45) is 0. The maximum absolute atomic E-state index is 14.1. The minimum Gasteiger partial charge on any atom is -0.306 e. The number of aryl methyl sites for hydroxylation is 2. The zero-order valence-electron chi connectivity index (χ0n) is 12.3. The van der Waals surface area contributed by atoms with Gasteiger partial charge in [0.2, 0.25) is 0 Å². The number of hydrogen-bond donors (Lipinski definition) is 1. The number of hydrogen-bond acceptors (Lipinski definition) is 1. The summed E-state index contributed by atoms with van der Waals surface area (Å²) in [5.74, 6) is -2.08. The lowest BCUT2D eigenvalue weighted by atomic mass is 9.90. The summed E-state index contributed by atoms with van der Waals surface area (Å²) < 4.78 is 41.1. The van der Waals surface area contributed by atoms with Crippen LogP contribution in [0.3, 0.4) is 0 Å². The molecule has 4 heteroatoms. The van der Waals surface area contributed by atoms with Crippen LogP contribution in [0.25, 0.3) is 0 Å². The second-order valence-electron chi connectivity index (χ2n) is 5.09. The molecule has 0 aliphatic carbocycles. The molecule has 1 atom stereocenters. The molecule has 112 valence electrons. The Morgan fingerprint density at radius 2 is 1.67 bits per heavy atom. The molecule has 0 heterocycles. The predicted octanol–water partition coefficient (Wildman–Crippen LogP) is 4.42. The van der Waals surface area contributed by atoms with Gasteiger partial charge in [0.25, 0.3) is 0 Å². The molecule has 1 N–H and O–H groups in total. The van der Waals surface area contributed by atoms with Crippen LogP contribution in [-0.2, 0) is 0 Å². The molecule has 1 nitrogen and oxygen atoms in total. The van der Waals surface area contributed by atoms with Crippen molar-refractivity contribution in [3.8, 4) is 0 Å². The highest BCUT2D eigenvalue weighted by Crippen LogP contribution is 2.30. The maximum Gasteiger partial charge on any atom is 0.163 e. The minimum atomic E-state index is -0.882. The van der Waals surface area contributed by atoms with E-state index >= 15 is 0 Å². The van der Waals surface area contributed by atoms with Crippen molar-refractivity contribution in [2.24, 2.45) is 0 Å². The molecule has 2 rings (SSSR count). The molecule has 0 radical (unpaired) electrons. The molecule has 0 spiro atoms. The Morgan fingerprint density at radius 1 is 1.05 bits per heavy atom. The third-order valence-corrected chi connectivity index (χ3v) is 3.55. The molecular weight excluding hydrogens is 275 g/mol. The first kappa shape index (κ1) is 15.6. The fraction of sp³-hybridized carbons (Fsp3) is 0.294. The number of nitrogens with one attached hydrogen (secondary N) is 1. The zero-order valence-corrected chi connectivity index (χ0v) is 12.3. The topological polar surface area (TPSA) is 12.0 Å². The van der Waals surface area contributed by atoms with Gasteiger partial charge in [-0.2, -0.15) is 0 Å². The molecular formula is C17H18F3N. The van der Waals surface area contributed by atoms with Crippen LogP contribution in [-0.4, -0.2) is 6.54 Å². The molecule has 1 unspecified atom stereocenters. The van der Waals surface area contributed by atoms with Gasteiger partial charge in [-0.05, 0) is 55.3 Å². The SMILES string of the molecule is CCNC(c1cccc(F)c1F)c1c(C)cc(F)cc1C. The van der Waals surface area contributed by atoms with Gasteiger partial charge >= 0.3 is 0 Å². The van der Waals surface area contributed by atoms with Crippen LogP contribution in [0.4, 0.5) is 13.2 Å². The van der Waals surface area contributed by atoms with Gasteiger partial charge in [0.15, 0.2) is 11.6 Å². The van der Waals surface area contributed by atoms with E-state index in [-0.39, 0.29) is 11.4 Å².